The molecule has 29 heteroatoms. The van der Waals surface area contributed by atoms with Crippen molar-refractivity contribution in [3.8, 4) is 5.75 Å². The van der Waals surface area contributed by atoms with Gasteiger partial charge in [0.05, 0.1) is 36.5 Å². The summed E-state index contributed by atoms with van der Waals surface area (Å²) in [7, 11) is -3.70. The van der Waals surface area contributed by atoms with Crippen LogP contribution in [-0.4, -0.2) is 109 Å². The summed E-state index contributed by atoms with van der Waals surface area (Å²) in [6.07, 6.45) is -5.06. The highest BCUT2D eigenvalue weighted by molar-refractivity contribution is 8.00. The topological polar surface area (TPSA) is 162 Å². The van der Waals surface area contributed by atoms with Crippen LogP contribution in [0.15, 0.2) is 133 Å². The Morgan fingerprint density at radius 1 is 0.548 bits per heavy atom. The molecule has 1 atom stereocenters. The molecule has 14 nitrogen and oxygen atoms in total. The Morgan fingerprint density at radius 3 is 1.21 bits per heavy atom. The zero-order valence-corrected chi connectivity index (χ0v) is 46.1. The Balaban J connectivity index is 0.000000181. The molecule has 3 saturated heterocycles. The number of benzene rings is 3. The Bertz CT molecular complexity index is 3350. The van der Waals surface area contributed by atoms with Crippen LogP contribution in [0.1, 0.15) is 61.2 Å². The number of carbonyl (C=O) groups excluding carboxylic acids is 3. The van der Waals surface area contributed by atoms with Gasteiger partial charge in [0.15, 0.2) is 17.0 Å². The number of halogens is 14. The minimum Gasteiger partial charge on any atom is -0.406 e. The number of rotatable bonds is 9. The van der Waals surface area contributed by atoms with E-state index >= 15 is 13.2 Å². The Morgan fingerprint density at radius 2 is 0.881 bits per heavy atom. The molecule has 3 fully saturated rings. The number of amides is 6. The zero-order valence-electron chi connectivity index (χ0n) is 43.8. The molecule has 0 spiro atoms. The molecule has 3 aliphatic heterocycles. The van der Waals surface area contributed by atoms with E-state index in [1.807, 2.05) is 0 Å². The van der Waals surface area contributed by atoms with Crippen LogP contribution in [-0.2, 0) is 32.7 Å². The first-order chi connectivity index (χ1) is 39.5. The number of urea groups is 3. The van der Waals surface area contributed by atoms with Crippen molar-refractivity contribution in [3.05, 3.63) is 166 Å². The SMILES string of the molecule is C=S(=O)(c1ccc(NC(=O)N2CCC(F)(c3ncccc3Cl)CC2)cc1)C(F)F.O=C(Nc1ccc(C(F)(F)F)cc1)N1CCC(F)(c2ncccc2F)CC1.O=C(Nc1ccc(OC(F)(F)F)cc1)N1CCC(F)(c2ncccc2Cl)CC1. The summed E-state index contributed by atoms with van der Waals surface area (Å²) in [5, 5.41) is 8.15. The van der Waals surface area contributed by atoms with Gasteiger partial charge in [-0.1, -0.05) is 23.2 Å². The van der Waals surface area contributed by atoms with Crippen molar-refractivity contribution in [1.29, 1.82) is 0 Å². The van der Waals surface area contributed by atoms with Crippen molar-refractivity contribution < 1.29 is 76.0 Å². The second-order valence-electron chi connectivity index (χ2n) is 19.3. The first-order valence-corrected chi connectivity index (χ1v) is 27.9. The summed E-state index contributed by atoms with van der Waals surface area (Å²) in [4.78, 5) is 53.0. The number of piperidine rings is 3. The van der Waals surface area contributed by atoms with Gasteiger partial charge in [0, 0.05) is 118 Å². The summed E-state index contributed by atoms with van der Waals surface area (Å²) in [5.74, 6) is -1.12. The van der Waals surface area contributed by atoms with Crippen LogP contribution < -0.4 is 20.7 Å². The number of nitrogens with zero attached hydrogens (tertiary/aromatic N) is 6. The van der Waals surface area contributed by atoms with Gasteiger partial charge < -0.3 is 35.4 Å². The van der Waals surface area contributed by atoms with Gasteiger partial charge in [-0.15, -0.1) is 13.2 Å². The highest BCUT2D eigenvalue weighted by atomic mass is 35.5. The fourth-order valence-electron chi connectivity index (χ4n) is 9.01. The van der Waals surface area contributed by atoms with Crippen molar-refractivity contribution in [2.75, 3.05) is 55.2 Å². The molecule has 6 heterocycles. The lowest BCUT2D eigenvalue weighted by Gasteiger charge is -2.36. The quantitative estimate of drug-likeness (QED) is 0.0952. The van der Waals surface area contributed by atoms with Gasteiger partial charge >= 0.3 is 36.4 Å². The molecule has 0 aliphatic carbocycles. The van der Waals surface area contributed by atoms with E-state index in [4.69, 9.17) is 23.2 Å². The number of likely N-dealkylation sites (tertiary alicyclic amines) is 3. The second-order valence-corrected chi connectivity index (χ2v) is 22.4. The van der Waals surface area contributed by atoms with E-state index in [1.165, 1.54) is 75.8 Å². The summed E-state index contributed by atoms with van der Waals surface area (Å²) in [5.41, 5.74) is -5.31. The van der Waals surface area contributed by atoms with Crippen LogP contribution in [0.4, 0.5) is 84.1 Å². The Labute approximate surface area is 483 Å². The van der Waals surface area contributed by atoms with Crippen LogP contribution in [0.5, 0.6) is 5.75 Å². The zero-order chi connectivity index (χ0) is 61.3. The maximum atomic E-state index is 15.3. The molecule has 3 aromatic carbocycles. The van der Waals surface area contributed by atoms with Gasteiger partial charge in [0.2, 0.25) is 0 Å². The van der Waals surface area contributed by atoms with Crippen LogP contribution in [0.2, 0.25) is 10.0 Å². The molecule has 6 aromatic rings. The number of hydrogen-bond donors (Lipinski definition) is 3. The number of ether oxygens (including phenoxy) is 1. The fraction of sp³-hybridized carbons (Fsp3) is 0.327. The number of hydrogen-bond acceptors (Lipinski definition) is 8. The number of aromatic nitrogens is 3. The smallest absolute Gasteiger partial charge is 0.406 e. The van der Waals surface area contributed by atoms with Gasteiger partial charge in [-0.25, -0.2) is 31.9 Å². The molecule has 3 N–H and O–H groups in total. The number of carbonyl (C=O) groups is 3. The van der Waals surface area contributed by atoms with Gasteiger partial charge in [-0.05, 0) is 115 Å². The first-order valence-electron chi connectivity index (χ1n) is 25.3. The van der Waals surface area contributed by atoms with Crippen LogP contribution >= 0.6 is 23.2 Å². The van der Waals surface area contributed by atoms with Gasteiger partial charge in [0.1, 0.15) is 17.3 Å². The van der Waals surface area contributed by atoms with Gasteiger partial charge in [-0.3, -0.25) is 19.2 Å². The molecule has 3 aliphatic rings. The minimum absolute atomic E-state index is 0.0268. The number of alkyl halides is 11. The molecule has 84 heavy (non-hydrogen) atoms. The average molecular weight is 1250 g/mol. The average Bonchev–Trinajstić information content (AvgIpc) is 2.62. The molecule has 3 aromatic heterocycles. The van der Waals surface area contributed by atoms with Gasteiger partial charge in [0.25, 0.3) is 0 Å². The summed E-state index contributed by atoms with van der Waals surface area (Å²) >= 11 is 12.1. The second kappa shape index (κ2) is 26.6. The lowest BCUT2D eigenvalue weighted by Crippen LogP contribution is -2.45. The monoisotopic (exact) mass is 1250 g/mol. The van der Waals surface area contributed by atoms with Crippen molar-refractivity contribution in [2.24, 2.45) is 0 Å². The minimum atomic E-state index is -4.78. The molecule has 9 rings (SSSR count). The normalized spacial score (nSPS) is 17.2. The van der Waals surface area contributed by atoms with E-state index in [2.05, 4.69) is 41.5 Å². The lowest BCUT2D eigenvalue weighted by atomic mass is 9.89. The number of pyridine rings is 3. The maximum absolute atomic E-state index is 15.3. The van der Waals surface area contributed by atoms with E-state index in [1.54, 1.807) is 24.3 Å². The van der Waals surface area contributed by atoms with E-state index < -0.39 is 80.0 Å². The number of nitrogens with one attached hydrogen (secondary N) is 3. The first kappa shape index (κ1) is 64.0. The molecule has 0 bridgehead atoms. The Kier molecular flexibility index (Phi) is 20.3. The summed E-state index contributed by atoms with van der Waals surface area (Å²) in [6.45, 7) is 0.657. The van der Waals surface area contributed by atoms with Crippen molar-refractivity contribution >= 4 is 73.7 Å². The standard InChI is InChI=1S/C19H19ClF3N3O2S.C18H16ClF4N3O2.C18H16F5N3O/c1-29(28,17(21)22)14-6-4-13(5-7-14)25-18(27)26-11-8-19(23,9-12-26)16-15(20)3-2-10-24-16;19-14-2-1-9-24-15(14)17(20)7-10-26(11-8-17)16(27)25-12-3-5-13(6-4-12)28-18(21,22)23;19-14-2-1-9-24-15(14)17(20)7-10-26(11-8-17)16(27)25-13-5-3-12(4-6-13)18(21,22)23/h2-7,10,17H,1,8-9,11-12H2,(H,25,27);1-6,9H,7-8,10-11H2,(H,25,27);1-6,9H,7-8,10-11H2,(H,25,27). The number of anilines is 3. The largest absolute Gasteiger partial charge is 0.573 e. The van der Waals surface area contributed by atoms with E-state index in [9.17, 15) is 58.1 Å². The highest BCUT2D eigenvalue weighted by Crippen LogP contribution is 2.42. The summed E-state index contributed by atoms with van der Waals surface area (Å²) < 4.78 is 175. The third kappa shape index (κ3) is 16.4. The molecular weight excluding hydrogens is 1200 g/mol. The van der Waals surface area contributed by atoms with Crippen molar-refractivity contribution in [1.82, 2.24) is 29.7 Å². The molecule has 450 valence electrons. The molecule has 0 radical (unpaired) electrons. The highest BCUT2D eigenvalue weighted by Gasteiger charge is 2.43. The van der Waals surface area contributed by atoms with Crippen LogP contribution in [0.3, 0.4) is 0 Å². The van der Waals surface area contributed by atoms with Crippen LogP contribution in [0, 0.1) is 5.82 Å². The lowest BCUT2D eigenvalue weighted by molar-refractivity contribution is -0.274. The molecular formula is C55H51Cl2F12N9O5S. The Hall–Kier alpha value is -7.52. The molecule has 1 unspecified atom stereocenters. The maximum Gasteiger partial charge on any atom is 0.573 e. The van der Waals surface area contributed by atoms with Crippen molar-refractivity contribution in [3.63, 3.8) is 0 Å². The third-order valence-electron chi connectivity index (χ3n) is 13.7. The van der Waals surface area contributed by atoms with Gasteiger partial charge in [-0.2, -0.15) is 22.0 Å². The predicted octanol–water partition coefficient (Wildman–Crippen LogP) is 14.4. The fourth-order valence-corrected chi connectivity index (χ4v) is 10.4. The molecule has 6 amide bonds. The van der Waals surface area contributed by atoms with E-state index in [0.29, 0.717) is 11.4 Å². The summed E-state index contributed by atoms with van der Waals surface area (Å²) in [6, 6.07) is 21.4. The van der Waals surface area contributed by atoms with Crippen molar-refractivity contribution in [2.45, 2.75) is 78.7 Å². The van der Waals surface area contributed by atoms with E-state index in [-0.39, 0.29) is 116 Å². The third-order valence-corrected chi connectivity index (χ3v) is 15.9. The molecule has 0 saturated carbocycles. The van der Waals surface area contributed by atoms with E-state index in [0.717, 1.165) is 42.5 Å². The van der Waals surface area contributed by atoms with Crippen LogP contribution in [0.25, 0.3) is 0 Å². The predicted molar refractivity (Wildman–Crippen MR) is 291 cm³/mol.